The molecule has 1 atom stereocenters. The highest BCUT2D eigenvalue weighted by molar-refractivity contribution is 7.99. The van der Waals surface area contributed by atoms with E-state index in [1.165, 1.54) is 0 Å². The van der Waals surface area contributed by atoms with Gasteiger partial charge in [0.2, 0.25) is 5.91 Å². The monoisotopic (exact) mass is 329 g/mol. The van der Waals surface area contributed by atoms with E-state index in [2.05, 4.69) is 5.32 Å². The molecule has 0 aromatic heterocycles. The van der Waals surface area contributed by atoms with Gasteiger partial charge in [-0.15, -0.1) is 11.8 Å². The molecule has 0 aliphatic rings. The molecule has 0 heterocycles. The molecule has 0 radical (unpaired) electrons. The normalized spacial score (nSPS) is 11.9. The van der Waals surface area contributed by atoms with Gasteiger partial charge in [-0.3, -0.25) is 9.59 Å². The second kappa shape index (κ2) is 9.68. The molecule has 6 heteroatoms. The molecule has 0 saturated heterocycles. The van der Waals surface area contributed by atoms with E-state index in [1.54, 1.807) is 11.8 Å². The zero-order valence-electron chi connectivity index (χ0n) is 12.0. The van der Waals surface area contributed by atoms with Gasteiger partial charge < -0.3 is 10.4 Å². The number of carboxylic acid groups (broad SMARTS) is 1. The van der Waals surface area contributed by atoms with E-state index in [0.717, 1.165) is 11.3 Å². The highest BCUT2D eigenvalue weighted by atomic mass is 35.5. The van der Waals surface area contributed by atoms with E-state index < -0.39 is 5.97 Å². The minimum Gasteiger partial charge on any atom is -0.481 e. The van der Waals surface area contributed by atoms with Crippen molar-refractivity contribution in [2.24, 2.45) is 5.92 Å². The van der Waals surface area contributed by atoms with Crippen molar-refractivity contribution < 1.29 is 14.7 Å². The molecule has 0 aliphatic carbocycles. The number of carboxylic acids is 1. The summed E-state index contributed by atoms with van der Waals surface area (Å²) in [6, 6.07) is 7.49. The van der Waals surface area contributed by atoms with Crippen LogP contribution < -0.4 is 5.32 Å². The van der Waals surface area contributed by atoms with Crippen LogP contribution in [-0.2, 0) is 9.59 Å². The summed E-state index contributed by atoms with van der Waals surface area (Å²) >= 11 is 7.40. The van der Waals surface area contributed by atoms with Crippen LogP contribution in [0.25, 0.3) is 0 Å². The van der Waals surface area contributed by atoms with Gasteiger partial charge in [0, 0.05) is 35.1 Å². The molecule has 1 amide bonds. The molecule has 21 heavy (non-hydrogen) atoms. The number of aliphatic carboxylic acids is 1. The first-order valence-electron chi connectivity index (χ1n) is 6.88. The largest absolute Gasteiger partial charge is 0.481 e. The Morgan fingerprint density at radius 3 is 2.57 bits per heavy atom. The maximum Gasteiger partial charge on any atom is 0.303 e. The minimum atomic E-state index is -0.825. The molecule has 1 aromatic rings. The molecule has 2 N–H and O–H groups in total. The van der Waals surface area contributed by atoms with Crippen LogP contribution in [0.5, 0.6) is 0 Å². The molecule has 1 unspecified atom stereocenters. The molecule has 0 spiro atoms. The molecule has 0 bridgehead atoms. The van der Waals surface area contributed by atoms with E-state index >= 15 is 0 Å². The van der Waals surface area contributed by atoms with Gasteiger partial charge in [0.05, 0.1) is 0 Å². The SMILES string of the molecule is CCC(CNC(=O)CCSc1ccc(Cl)cc1)CC(=O)O. The summed E-state index contributed by atoms with van der Waals surface area (Å²) in [5.74, 6) is -0.187. The van der Waals surface area contributed by atoms with Crippen LogP contribution in [0.3, 0.4) is 0 Å². The quantitative estimate of drug-likeness (QED) is 0.681. The molecule has 1 rings (SSSR count). The first-order chi connectivity index (χ1) is 10.0. The number of thioether (sulfide) groups is 1. The third-order valence-corrected chi connectivity index (χ3v) is 4.31. The number of rotatable bonds is 9. The van der Waals surface area contributed by atoms with Gasteiger partial charge in [-0.1, -0.05) is 24.9 Å². The minimum absolute atomic E-state index is 0.00429. The summed E-state index contributed by atoms with van der Waals surface area (Å²) in [4.78, 5) is 23.4. The Morgan fingerprint density at radius 2 is 2.00 bits per heavy atom. The molecular formula is C15H20ClNO3S. The number of amides is 1. The summed E-state index contributed by atoms with van der Waals surface area (Å²) < 4.78 is 0. The van der Waals surface area contributed by atoms with Crippen LogP contribution in [0.15, 0.2) is 29.2 Å². The number of carbonyl (C=O) groups excluding carboxylic acids is 1. The van der Waals surface area contributed by atoms with E-state index in [4.69, 9.17) is 16.7 Å². The number of nitrogens with one attached hydrogen (secondary N) is 1. The van der Waals surface area contributed by atoms with Gasteiger partial charge in [-0.2, -0.15) is 0 Å². The summed E-state index contributed by atoms with van der Waals surface area (Å²) in [5, 5.41) is 12.2. The second-order valence-corrected chi connectivity index (χ2v) is 6.33. The standard InChI is InChI=1S/C15H20ClNO3S/c1-2-11(9-15(19)20)10-17-14(18)7-8-21-13-5-3-12(16)4-6-13/h3-6,11H,2,7-10H2,1H3,(H,17,18)(H,19,20). The average Bonchev–Trinajstić information content (AvgIpc) is 2.45. The second-order valence-electron chi connectivity index (χ2n) is 4.73. The molecule has 1 aromatic carbocycles. The maximum absolute atomic E-state index is 11.7. The van der Waals surface area contributed by atoms with Crippen molar-refractivity contribution in [2.75, 3.05) is 12.3 Å². The molecule has 4 nitrogen and oxygen atoms in total. The number of hydrogen-bond acceptors (Lipinski definition) is 3. The summed E-state index contributed by atoms with van der Waals surface area (Å²) in [6.45, 7) is 2.35. The number of halogens is 1. The van der Waals surface area contributed by atoms with Crippen molar-refractivity contribution in [3.63, 3.8) is 0 Å². The van der Waals surface area contributed by atoms with E-state index in [1.807, 2.05) is 31.2 Å². The highest BCUT2D eigenvalue weighted by Crippen LogP contribution is 2.20. The first kappa shape index (κ1) is 17.9. The molecular weight excluding hydrogens is 310 g/mol. The maximum atomic E-state index is 11.7. The van der Waals surface area contributed by atoms with Crippen molar-refractivity contribution >= 4 is 35.2 Å². The van der Waals surface area contributed by atoms with Crippen LogP contribution in [0.4, 0.5) is 0 Å². The lowest BCUT2D eigenvalue weighted by Crippen LogP contribution is -2.30. The van der Waals surface area contributed by atoms with Crippen LogP contribution in [0.2, 0.25) is 5.02 Å². The summed E-state index contributed by atoms with van der Waals surface area (Å²) in [5.41, 5.74) is 0. The van der Waals surface area contributed by atoms with Gasteiger partial charge in [-0.05, 0) is 30.2 Å². The molecule has 0 saturated carbocycles. The zero-order chi connectivity index (χ0) is 15.7. The molecule has 0 fully saturated rings. The number of benzene rings is 1. The Labute approximate surface area is 134 Å². The Hall–Kier alpha value is -1.20. The highest BCUT2D eigenvalue weighted by Gasteiger charge is 2.12. The lowest BCUT2D eigenvalue weighted by Gasteiger charge is -2.13. The summed E-state index contributed by atoms with van der Waals surface area (Å²) in [6.07, 6.45) is 1.25. The van der Waals surface area contributed by atoms with Gasteiger partial charge in [0.1, 0.15) is 0 Å². The Kier molecular flexibility index (Phi) is 8.23. The third-order valence-electron chi connectivity index (χ3n) is 3.04. The van der Waals surface area contributed by atoms with Gasteiger partial charge >= 0.3 is 5.97 Å². The first-order valence-corrected chi connectivity index (χ1v) is 8.24. The van der Waals surface area contributed by atoms with Crippen LogP contribution in [0.1, 0.15) is 26.2 Å². The van der Waals surface area contributed by atoms with Crippen molar-refractivity contribution in [3.8, 4) is 0 Å². The lowest BCUT2D eigenvalue weighted by molar-refractivity contribution is -0.138. The Morgan fingerprint density at radius 1 is 1.33 bits per heavy atom. The van der Waals surface area contributed by atoms with Crippen molar-refractivity contribution in [2.45, 2.75) is 31.1 Å². The fraction of sp³-hybridized carbons (Fsp3) is 0.467. The van der Waals surface area contributed by atoms with Crippen molar-refractivity contribution in [1.29, 1.82) is 0 Å². The smallest absolute Gasteiger partial charge is 0.303 e. The van der Waals surface area contributed by atoms with E-state index in [9.17, 15) is 9.59 Å². The van der Waals surface area contributed by atoms with Gasteiger partial charge in [0.15, 0.2) is 0 Å². The Bertz CT molecular complexity index is 464. The molecule has 116 valence electrons. The third kappa shape index (κ3) is 7.97. The topological polar surface area (TPSA) is 66.4 Å². The van der Waals surface area contributed by atoms with Crippen LogP contribution in [0, 0.1) is 5.92 Å². The average molecular weight is 330 g/mol. The van der Waals surface area contributed by atoms with E-state index in [0.29, 0.717) is 23.7 Å². The fourth-order valence-electron chi connectivity index (χ4n) is 1.75. The van der Waals surface area contributed by atoms with Gasteiger partial charge in [-0.25, -0.2) is 0 Å². The molecule has 0 aliphatic heterocycles. The lowest BCUT2D eigenvalue weighted by atomic mass is 10.0. The number of hydrogen-bond donors (Lipinski definition) is 2. The predicted molar refractivity (Wildman–Crippen MR) is 85.8 cm³/mol. The predicted octanol–water partition coefficient (Wildman–Crippen LogP) is 3.44. The van der Waals surface area contributed by atoms with E-state index in [-0.39, 0.29) is 18.2 Å². The van der Waals surface area contributed by atoms with Crippen LogP contribution in [-0.4, -0.2) is 29.3 Å². The zero-order valence-corrected chi connectivity index (χ0v) is 13.5. The van der Waals surface area contributed by atoms with Gasteiger partial charge in [0.25, 0.3) is 0 Å². The van der Waals surface area contributed by atoms with Crippen molar-refractivity contribution in [3.05, 3.63) is 29.3 Å². The van der Waals surface area contributed by atoms with Crippen LogP contribution >= 0.6 is 23.4 Å². The number of carbonyl (C=O) groups is 2. The summed E-state index contributed by atoms with van der Waals surface area (Å²) in [7, 11) is 0. The fourth-order valence-corrected chi connectivity index (χ4v) is 2.72. The van der Waals surface area contributed by atoms with Crippen molar-refractivity contribution in [1.82, 2.24) is 5.32 Å². The Balaban J connectivity index is 2.21.